The Morgan fingerprint density at radius 2 is 1.68 bits per heavy atom. The van der Waals surface area contributed by atoms with Crippen LogP contribution in [0.15, 0.2) is 0 Å². The second-order valence-electron chi connectivity index (χ2n) is 5.97. The minimum absolute atomic E-state index is 0.0419. The molecule has 1 aliphatic heterocycles. The van der Waals surface area contributed by atoms with Crippen LogP contribution in [-0.2, 0) is 10.2 Å². The summed E-state index contributed by atoms with van der Waals surface area (Å²) in [5.41, 5.74) is 0. The van der Waals surface area contributed by atoms with Gasteiger partial charge in [-0.1, -0.05) is 19.8 Å². The lowest BCUT2D eigenvalue weighted by molar-refractivity contribution is 0.238. The Bertz CT molecular complexity index is 393. The topological polar surface area (TPSA) is 40.6 Å². The Kier molecular flexibility index (Phi) is 5.15. The van der Waals surface area contributed by atoms with Crippen LogP contribution in [0.1, 0.15) is 45.4 Å². The van der Waals surface area contributed by atoms with Gasteiger partial charge in [0, 0.05) is 26.2 Å². The quantitative estimate of drug-likeness (QED) is 0.751. The smallest absolute Gasteiger partial charge is 0.195 e. The Hall–Kier alpha value is 0.160. The molecule has 0 spiro atoms. The van der Waals surface area contributed by atoms with Crippen molar-refractivity contribution in [1.29, 1.82) is 0 Å². The predicted molar refractivity (Wildman–Crippen MR) is 78.6 cm³/mol. The molecule has 4 nitrogen and oxygen atoms in total. The molecule has 19 heavy (non-hydrogen) atoms. The Morgan fingerprint density at radius 3 is 2.26 bits per heavy atom. The minimum Gasteiger partial charge on any atom is -0.195 e. The third-order valence-electron chi connectivity index (χ3n) is 4.55. The van der Waals surface area contributed by atoms with E-state index in [-0.39, 0.29) is 11.4 Å². The predicted octanol–water partition coefficient (Wildman–Crippen LogP) is 2.44. The van der Waals surface area contributed by atoms with Gasteiger partial charge in [-0.2, -0.15) is 17.0 Å². The molecule has 112 valence electrons. The fraction of sp³-hybridized carbons (Fsp3) is 1.00. The molecule has 2 unspecified atom stereocenters. The summed E-state index contributed by atoms with van der Waals surface area (Å²) in [4.78, 5) is 0. The first-order valence-electron chi connectivity index (χ1n) is 7.30. The monoisotopic (exact) mass is 308 g/mol. The summed E-state index contributed by atoms with van der Waals surface area (Å²) in [5.74, 6) is 0.632. The normalized spacial score (nSPS) is 31.8. The van der Waals surface area contributed by atoms with E-state index in [9.17, 15) is 8.42 Å². The van der Waals surface area contributed by atoms with Gasteiger partial charge < -0.3 is 0 Å². The molecule has 0 aromatic heterocycles. The van der Waals surface area contributed by atoms with Crippen molar-refractivity contribution in [2.75, 3.05) is 20.1 Å². The molecule has 1 heterocycles. The number of alkyl halides is 1. The molecule has 2 atom stereocenters. The molecule has 0 N–H and O–H groups in total. The van der Waals surface area contributed by atoms with Gasteiger partial charge in [0.2, 0.25) is 0 Å². The molecule has 0 radical (unpaired) electrons. The Labute approximate surface area is 122 Å². The van der Waals surface area contributed by atoms with Gasteiger partial charge in [0.05, 0.1) is 5.38 Å². The lowest BCUT2D eigenvalue weighted by atomic mass is 9.95. The van der Waals surface area contributed by atoms with E-state index in [1.165, 1.54) is 4.31 Å². The van der Waals surface area contributed by atoms with Gasteiger partial charge >= 0.3 is 0 Å². The van der Waals surface area contributed by atoms with Crippen molar-refractivity contribution in [3.8, 4) is 0 Å². The Morgan fingerprint density at radius 1 is 1.11 bits per heavy atom. The SMILES string of the molecule is CC1CCN(S(=O)(=O)N(C)C2CCCCC2Cl)CC1. The highest BCUT2D eigenvalue weighted by molar-refractivity contribution is 7.86. The van der Waals surface area contributed by atoms with E-state index in [2.05, 4.69) is 6.92 Å². The van der Waals surface area contributed by atoms with Crippen LogP contribution >= 0.6 is 11.6 Å². The number of halogens is 1. The summed E-state index contributed by atoms with van der Waals surface area (Å²) >= 11 is 6.32. The van der Waals surface area contributed by atoms with Gasteiger partial charge in [-0.15, -0.1) is 11.6 Å². The zero-order valence-corrected chi connectivity index (χ0v) is 13.5. The number of piperidine rings is 1. The van der Waals surface area contributed by atoms with E-state index < -0.39 is 10.2 Å². The first-order valence-corrected chi connectivity index (χ1v) is 9.13. The highest BCUT2D eigenvalue weighted by atomic mass is 35.5. The molecule has 2 aliphatic rings. The number of hydrogen-bond donors (Lipinski definition) is 0. The van der Waals surface area contributed by atoms with Crippen LogP contribution < -0.4 is 0 Å². The van der Waals surface area contributed by atoms with Crippen LogP contribution in [0.2, 0.25) is 0 Å². The molecule has 0 bridgehead atoms. The van der Waals surface area contributed by atoms with Crippen LogP contribution in [0.4, 0.5) is 0 Å². The molecule has 1 saturated heterocycles. The summed E-state index contributed by atoms with van der Waals surface area (Å²) in [5, 5.41) is -0.0442. The van der Waals surface area contributed by atoms with Crippen LogP contribution in [0.3, 0.4) is 0 Å². The number of hydrogen-bond acceptors (Lipinski definition) is 2. The van der Waals surface area contributed by atoms with Crippen molar-refractivity contribution in [2.24, 2.45) is 5.92 Å². The van der Waals surface area contributed by atoms with Crippen molar-refractivity contribution in [3.63, 3.8) is 0 Å². The van der Waals surface area contributed by atoms with Gasteiger partial charge in [-0.3, -0.25) is 0 Å². The van der Waals surface area contributed by atoms with Crippen molar-refractivity contribution in [2.45, 2.75) is 56.9 Å². The number of nitrogens with zero attached hydrogens (tertiary/aromatic N) is 2. The molecule has 1 saturated carbocycles. The lowest BCUT2D eigenvalue weighted by Gasteiger charge is -2.38. The van der Waals surface area contributed by atoms with Crippen molar-refractivity contribution in [3.05, 3.63) is 0 Å². The summed E-state index contributed by atoms with van der Waals surface area (Å²) in [6.07, 6.45) is 5.91. The first kappa shape index (κ1) is 15.5. The van der Waals surface area contributed by atoms with Gasteiger partial charge in [-0.05, 0) is 31.6 Å². The second kappa shape index (κ2) is 6.29. The molecular weight excluding hydrogens is 284 g/mol. The van der Waals surface area contributed by atoms with Gasteiger partial charge in [-0.25, -0.2) is 0 Å². The molecule has 0 aromatic rings. The Balaban J connectivity index is 2.05. The molecular formula is C13H25ClN2O2S. The van der Waals surface area contributed by atoms with E-state index in [1.807, 2.05) is 0 Å². The van der Waals surface area contributed by atoms with E-state index >= 15 is 0 Å². The number of rotatable bonds is 3. The first-order chi connectivity index (χ1) is 8.93. The third kappa shape index (κ3) is 3.43. The fourth-order valence-electron chi connectivity index (χ4n) is 3.04. The largest absolute Gasteiger partial charge is 0.282 e. The summed E-state index contributed by atoms with van der Waals surface area (Å²) in [7, 11) is -1.64. The highest BCUT2D eigenvalue weighted by Gasteiger charge is 2.37. The van der Waals surface area contributed by atoms with Gasteiger partial charge in [0.1, 0.15) is 0 Å². The lowest BCUT2D eigenvalue weighted by Crippen LogP contribution is -2.52. The van der Waals surface area contributed by atoms with Crippen LogP contribution in [0, 0.1) is 5.92 Å². The highest BCUT2D eigenvalue weighted by Crippen LogP contribution is 2.30. The summed E-state index contributed by atoms with van der Waals surface area (Å²) in [6.45, 7) is 3.48. The molecule has 1 aliphatic carbocycles. The van der Waals surface area contributed by atoms with Crippen molar-refractivity contribution < 1.29 is 8.42 Å². The van der Waals surface area contributed by atoms with E-state index in [4.69, 9.17) is 11.6 Å². The zero-order chi connectivity index (χ0) is 14.0. The van der Waals surface area contributed by atoms with Crippen LogP contribution in [-0.4, -0.2) is 48.6 Å². The van der Waals surface area contributed by atoms with E-state index in [0.29, 0.717) is 19.0 Å². The molecule has 2 rings (SSSR count). The summed E-state index contributed by atoms with van der Waals surface area (Å²) < 4.78 is 28.4. The maximum Gasteiger partial charge on any atom is 0.282 e. The average Bonchev–Trinajstić information content (AvgIpc) is 2.39. The fourth-order valence-corrected chi connectivity index (χ4v) is 5.19. The molecule has 0 aromatic carbocycles. The van der Waals surface area contributed by atoms with Gasteiger partial charge in [0.25, 0.3) is 10.2 Å². The third-order valence-corrected chi connectivity index (χ3v) is 7.07. The van der Waals surface area contributed by atoms with Crippen LogP contribution in [0.5, 0.6) is 0 Å². The van der Waals surface area contributed by atoms with E-state index in [1.54, 1.807) is 11.4 Å². The van der Waals surface area contributed by atoms with Gasteiger partial charge in [0.15, 0.2) is 0 Å². The molecule has 6 heteroatoms. The molecule has 0 amide bonds. The van der Waals surface area contributed by atoms with Crippen LogP contribution in [0.25, 0.3) is 0 Å². The minimum atomic E-state index is -3.34. The van der Waals surface area contributed by atoms with E-state index in [0.717, 1.165) is 38.5 Å². The maximum atomic E-state index is 12.6. The maximum absolute atomic E-state index is 12.6. The zero-order valence-electron chi connectivity index (χ0n) is 11.9. The summed E-state index contributed by atoms with van der Waals surface area (Å²) in [6, 6.07) is -0.0419. The van der Waals surface area contributed by atoms with Crippen molar-refractivity contribution in [1.82, 2.24) is 8.61 Å². The standard InChI is InChI=1S/C13H25ClN2O2S/c1-11-7-9-16(10-8-11)19(17,18)15(2)13-6-4-3-5-12(13)14/h11-13H,3-10H2,1-2H3. The molecule has 2 fully saturated rings. The average molecular weight is 309 g/mol. The van der Waals surface area contributed by atoms with Crippen molar-refractivity contribution >= 4 is 21.8 Å². The second-order valence-corrected chi connectivity index (χ2v) is 8.52.